The maximum atomic E-state index is 11.8. The highest BCUT2D eigenvalue weighted by Gasteiger charge is 2.15. The lowest BCUT2D eigenvalue weighted by Crippen LogP contribution is -2.41. The average molecular weight is 228 g/mol. The average Bonchev–Trinajstić information content (AvgIpc) is 2.30. The first-order chi connectivity index (χ1) is 7.74. The van der Waals surface area contributed by atoms with Crippen LogP contribution in [0.2, 0.25) is 0 Å². The van der Waals surface area contributed by atoms with Gasteiger partial charge in [0.05, 0.1) is 6.54 Å². The number of nitrogens with one attached hydrogen (secondary N) is 1. The van der Waals surface area contributed by atoms with Crippen LogP contribution in [0.5, 0.6) is 0 Å². The molecule has 1 aliphatic heterocycles. The lowest BCUT2D eigenvalue weighted by molar-refractivity contribution is -0.131. The van der Waals surface area contributed by atoms with Crippen molar-refractivity contribution in [3.63, 3.8) is 0 Å². The molecule has 4 heteroatoms. The van der Waals surface area contributed by atoms with Crippen LogP contribution in [-0.2, 0) is 4.79 Å². The Morgan fingerprint density at radius 3 is 2.69 bits per heavy atom. The van der Waals surface area contributed by atoms with E-state index in [9.17, 15) is 4.79 Å². The number of piperidine rings is 1. The van der Waals surface area contributed by atoms with Crippen LogP contribution in [0, 0.1) is 5.92 Å². The largest absolute Gasteiger partial charge is 0.396 e. The molecule has 94 valence electrons. The van der Waals surface area contributed by atoms with E-state index in [1.807, 2.05) is 4.90 Å². The van der Waals surface area contributed by atoms with Gasteiger partial charge in [-0.2, -0.15) is 0 Å². The van der Waals surface area contributed by atoms with Crippen molar-refractivity contribution in [2.24, 2.45) is 5.92 Å². The molecular weight excluding hydrogens is 204 g/mol. The first kappa shape index (κ1) is 13.5. The molecule has 1 atom stereocenters. The van der Waals surface area contributed by atoms with Crippen LogP contribution in [0.1, 0.15) is 32.6 Å². The predicted octanol–water partition coefficient (Wildman–Crippen LogP) is 0.607. The van der Waals surface area contributed by atoms with Gasteiger partial charge in [-0.05, 0) is 38.1 Å². The number of aliphatic hydroxyl groups excluding tert-OH is 1. The maximum absolute atomic E-state index is 11.8. The monoisotopic (exact) mass is 228 g/mol. The van der Waals surface area contributed by atoms with Crippen molar-refractivity contribution in [1.29, 1.82) is 0 Å². The number of amides is 1. The molecule has 0 aromatic rings. The molecule has 0 aromatic carbocycles. The minimum Gasteiger partial charge on any atom is -0.396 e. The molecule has 0 saturated carbocycles. The van der Waals surface area contributed by atoms with Crippen molar-refractivity contribution in [2.45, 2.75) is 32.6 Å². The second kappa shape index (κ2) is 7.63. The Labute approximate surface area is 98.0 Å². The van der Waals surface area contributed by atoms with Crippen molar-refractivity contribution >= 4 is 5.91 Å². The third-order valence-electron chi connectivity index (χ3n) is 3.10. The topological polar surface area (TPSA) is 52.6 Å². The van der Waals surface area contributed by atoms with Crippen LogP contribution in [-0.4, -0.2) is 48.7 Å². The number of aliphatic hydroxyl groups is 1. The van der Waals surface area contributed by atoms with Crippen LogP contribution in [0.15, 0.2) is 0 Å². The molecule has 4 nitrogen and oxygen atoms in total. The smallest absolute Gasteiger partial charge is 0.236 e. The van der Waals surface area contributed by atoms with Crippen LogP contribution in [0.3, 0.4) is 0 Å². The summed E-state index contributed by atoms with van der Waals surface area (Å²) in [4.78, 5) is 13.7. The Balaban J connectivity index is 2.09. The van der Waals surface area contributed by atoms with E-state index < -0.39 is 0 Å². The Morgan fingerprint density at radius 1 is 1.38 bits per heavy atom. The van der Waals surface area contributed by atoms with Gasteiger partial charge in [-0.15, -0.1) is 0 Å². The second-order valence-electron chi connectivity index (χ2n) is 4.69. The highest BCUT2D eigenvalue weighted by Crippen LogP contribution is 2.08. The summed E-state index contributed by atoms with van der Waals surface area (Å²) in [6.45, 7) is 5.40. The fraction of sp³-hybridized carbons (Fsp3) is 0.917. The third-order valence-corrected chi connectivity index (χ3v) is 3.10. The van der Waals surface area contributed by atoms with Gasteiger partial charge in [0.1, 0.15) is 0 Å². The van der Waals surface area contributed by atoms with E-state index in [4.69, 9.17) is 5.11 Å². The summed E-state index contributed by atoms with van der Waals surface area (Å²) in [5, 5.41) is 11.9. The van der Waals surface area contributed by atoms with E-state index in [0.717, 1.165) is 38.9 Å². The molecule has 16 heavy (non-hydrogen) atoms. The molecule has 0 spiro atoms. The van der Waals surface area contributed by atoms with Gasteiger partial charge in [0.25, 0.3) is 0 Å². The molecule has 1 fully saturated rings. The molecular formula is C12H24N2O2. The zero-order valence-electron chi connectivity index (χ0n) is 10.2. The highest BCUT2D eigenvalue weighted by molar-refractivity contribution is 5.78. The normalized spacial score (nSPS) is 18.5. The lowest BCUT2D eigenvalue weighted by Gasteiger charge is -2.27. The lowest BCUT2D eigenvalue weighted by atomic mass is 10.1. The summed E-state index contributed by atoms with van der Waals surface area (Å²) in [7, 11) is 0. The SMILES string of the molecule is CC(CCO)CNCC(=O)N1CCCCC1. The Morgan fingerprint density at radius 2 is 2.06 bits per heavy atom. The molecule has 0 aliphatic carbocycles. The third kappa shape index (κ3) is 4.94. The summed E-state index contributed by atoms with van der Waals surface area (Å²) in [6.07, 6.45) is 4.34. The number of hydrogen-bond acceptors (Lipinski definition) is 3. The van der Waals surface area contributed by atoms with E-state index in [0.29, 0.717) is 12.5 Å². The number of rotatable bonds is 6. The van der Waals surface area contributed by atoms with E-state index in [-0.39, 0.29) is 12.5 Å². The minimum atomic E-state index is 0.218. The van der Waals surface area contributed by atoms with Crippen LogP contribution >= 0.6 is 0 Å². The van der Waals surface area contributed by atoms with Crippen LogP contribution < -0.4 is 5.32 Å². The van der Waals surface area contributed by atoms with Crippen molar-refractivity contribution in [3.05, 3.63) is 0 Å². The zero-order chi connectivity index (χ0) is 11.8. The number of nitrogens with zero attached hydrogens (tertiary/aromatic N) is 1. The van der Waals surface area contributed by atoms with E-state index in [2.05, 4.69) is 12.2 Å². The maximum Gasteiger partial charge on any atom is 0.236 e. The predicted molar refractivity (Wildman–Crippen MR) is 64.2 cm³/mol. The number of carbonyl (C=O) groups excluding carboxylic acids is 1. The number of likely N-dealkylation sites (tertiary alicyclic amines) is 1. The van der Waals surface area contributed by atoms with E-state index in [1.165, 1.54) is 6.42 Å². The first-order valence-electron chi connectivity index (χ1n) is 6.33. The van der Waals surface area contributed by atoms with Gasteiger partial charge >= 0.3 is 0 Å². The molecule has 1 heterocycles. The summed E-state index contributed by atoms with van der Waals surface area (Å²) < 4.78 is 0. The molecule has 1 rings (SSSR count). The second-order valence-corrected chi connectivity index (χ2v) is 4.69. The van der Waals surface area contributed by atoms with E-state index in [1.54, 1.807) is 0 Å². The molecule has 1 amide bonds. The van der Waals surface area contributed by atoms with Crippen LogP contribution in [0.25, 0.3) is 0 Å². The molecule has 0 bridgehead atoms. The number of carbonyl (C=O) groups is 1. The molecule has 0 radical (unpaired) electrons. The van der Waals surface area contributed by atoms with Gasteiger partial charge in [0.15, 0.2) is 0 Å². The quantitative estimate of drug-likeness (QED) is 0.700. The van der Waals surface area contributed by atoms with Crippen molar-refractivity contribution < 1.29 is 9.90 Å². The Kier molecular flexibility index (Phi) is 6.42. The van der Waals surface area contributed by atoms with E-state index >= 15 is 0 Å². The fourth-order valence-electron chi connectivity index (χ4n) is 2.00. The summed E-state index contributed by atoms with van der Waals surface area (Å²) >= 11 is 0. The summed E-state index contributed by atoms with van der Waals surface area (Å²) in [5.74, 6) is 0.648. The van der Waals surface area contributed by atoms with Gasteiger partial charge in [0, 0.05) is 19.7 Å². The highest BCUT2D eigenvalue weighted by atomic mass is 16.3. The van der Waals surface area contributed by atoms with Gasteiger partial charge in [-0.25, -0.2) is 0 Å². The molecule has 0 aromatic heterocycles. The zero-order valence-corrected chi connectivity index (χ0v) is 10.2. The van der Waals surface area contributed by atoms with Gasteiger partial charge < -0.3 is 15.3 Å². The molecule has 1 saturated heterocycles. The van der Waals surface area contributed by atoms with Gasteiger partial charge in [-0.3, -0.25) is 4.79 Å². The first-order valence-corrected chi connectivity index (χ1v) is 6.33. The minimum absolute atomic E-state index is 0.218. The molecule has 2 N–H and O–H groups in total. The van der Waals surface area contributed by atoms with Gasteiger partial charge in [-0.1, -0.05) is 6.92 Å². The summed E-state index contributed by atoms with van der Waals surface area (Å²) in [5.41, 5.74) is 0. The Hall–Kier alpha value is -0.610. The standard InChI is InChI=1S/C12H24N2O2/c1-11(5-8-15)9-13-10-12(16)14-6-3-2-4-7-14/h11,13,15H,2-10H2,1H3. The van der Waals surface area contributed by atoms with Crippen LogP contribution in [0.4, 0.5) is 0 Å². The van der Waals surface area contributed by atoms with Gasteiger partial charge in [0.2, 0.25) is 5.91 Å². The Bertz CT molecular complexity index is 203. The van der Waals surface area contributed by atoms with Crippen molar-refractivity contribution in [3.8, 4) is 0 Å². The molecule has 1 unspecified atom stereocenters. The molecule has 1 aliphatic rings. The number of hydrogen-bond donors (Lipinski definition) is 2. The van der Waals surface area contributed by atoms with Crippen molar-refractivity contribution in [1.82, 2.24) is 10.2 Å². The van der Waals surface area contributed by atoms with Crippen molar-refractivity contribution in [2.75, 3.05) is 32.8 Å². The summed E-state index contributed by atoms with van der Waals surface area (Å²) in [6, 6.07) is 0. The fourth-order valence-corrected chi connectivity index (χ4v) is 2.00.